The van der Waals surface area contributed by atoms with Crippen LogP contribution in [0.5, 0.6) is 0 Å². The van der Waals surface area contributed by atoms with Crippen LogP contribution in [0.2, 0.25) is 0 Å². The number of nitrogens with two attached hydrogens (primary N) is 1. The molecule has 0 aromatic carbocycles. The van der Waals surface area contributed by atoms with Gasteiger partial charge in [0.1, 0.15) is 0 Å². The van der Waals surface area contributed by atoms with Gasteiger partial charge < -0.3 is 4.90 Å². The molecule has 82 valence electrons. The molecule has 4 N–H and O–H groups in total. The first-order valence-electron chi connectivity index (χ1n) is 3.77. The number of nitrogens with zero attached hydrogens (tertiary/aromatic N) is 1. The fraction of sp³-hybridized carbons (Fsp3) is 0.800. The van der Waals surface area contributed by atoms with E-state index in [2.05, 4.69) is 0 Å². The van der Waals surface area contributed by atoms with Crippen LogP contribution in [0.1, 0.15) is 0 Å². The average Bonchev–Trinajstić information content (AvgIpc) is 2.15. The molecule has 1 atom stereocenters. The maximum atomic E-state index is 11.1. The highest BCUT2D eigenvalue weighted by molar-refractivity contribution is 8.00. The van der Waals surface area contributed by atoms with Gasteiger partial charge in [-0.2, -0.15) is 11.8 Å². The Hall–Kier alpha value is -0.510. The highest BCUT2D eigenvalue weighted by Gasteiger charge is 2.34. The Labute approximate surface area is 85.6 Å². The van der Waals surface area contributed by atoms with Crippen molar-refractivity contribution in [1.82, 2.24) is 10.4 Å². The SMILES string of the molecule is NS(=O)(=O)C1CSCCN1C(=O)NO. The second-order valence-electron chi connectivity index (χ2n) is 2.73. The molecule has 2 amide bonds. The van der Waals surface area contributed by atoms with E-state index in [4.69, 9.17) is 10.3 Å². The van der Waals surface area contributed by atoms with Crippen LogP contribution >= 0.6 is 11.8 Å². The van der Waals surface area contributed by atoms with Crippen LogP contribution in [0, 0.1) is 0 Å². The zero-order chi connectivity index (χ0) is 10.8. The number of hydrogen-bond acceptors (Lipinski definition) is 5. The molecule has 1 rings (SSSR count). The van der Waals surface area contributed by atoms with Crippen molar-refractivity contribution < 1.29 is 18.4 Å². The van der Waals surface area contributed by atoms with Gasteiger partial charge in [0.2, 0.25) is 10.0 Å². The number of hydroxylamine groups is 1. The Morgan fingerprint density at radius 2 is 2.29 bits per heavy atom. The van der Waals surface area contributed by atoms with E-state index in [1.165, 1.54) is 17.2 Å². The van der Waals surface area contributed by atoms with Gasteiger partial charge in [-0.1, -0.05) is 0 Å². The Bertz CT molecular complexity index is 317. The summed E-state index contributed by atoms with van der Waals surface area (Å²) in [6, 6.07) is -0.843. The molecule has 0 aromatic rings. The predicted molar refractivity (Wildman–Crippen MR) is 51.2 cm³/mol. The second-order valence-corrected chi connectivity index (χ2v) is 5.60. The number of urea groups is 1. The molecule has 0 aliphatic carbocycles. The van der Waals surface area contributed by atoms with Crippen molar-refractivity contribution >= 4 is 27.8 Å². The molecule has 0 bridgehead atoms. The summed E-state index contributed by atoms with van der Waals surface area (Å²) in [4.78, 5) is 12.1. The Morgan fingerprint density at radius 1 is 1.64 bits per heavy atom. The van der Waals surface area contributed by atoms with Gasteiger partial charge in [-0.25, -0.2) is 23.8 Å². The number of thioether (sulfide) groups is 1. The molecule has 0 aromatic heterocycles. The molecule has 1 fully saturated rings. The molecular formula is C5H11N3O4S2. The molecule has 0 spiro atoms. The minimum absolute atomic E-state index is 0.228. The van der Waals surface area contributed by atoms with Crippen LogP contribution in [-0.4, -0.2) is 48.0 Å². The number of nitrogens with one attached hydrogen (secondary N) is 1. The van der Waals surface area contributed by atoms with E-state index in [1.807, 2.05) is 0 Å². The van der Waals surface area contributed by atoms with Gasteiger partial charge in [0.05, 0.1) is 0 Å². The second kappa shape index (κ2) is 4.34. The Balaban J connectivity index is 2.85. The molecule has 1 heterocycles. The lowest BCUT2D eigenvalue weighted by molar-refractivity contribution is 0.128. The third kappa shape index (κ3) is 2.50. The molecule has 1 aliphatic rings. The summed E-state index contributed by atoms with van der Waals surface area (Å²) in [7, 11) is -3.80. The van der Waals surface area contributed by atoms with Crippen molar-refractivity contribution in [2.24, 2.45) is 5.14 Å². The number of carbonyl (C=O) groups excluding carboxylic acids is 1. The fourth-order valence-corrected chi connectivity index (χ4v) is 3.63. The van der Waals surface area contributed by atoms with Crippen LogP contribution in [0.25, 0.3) is 0 Å². The monoisotopic (exact) mass is 241 g/mol. The standard InChI is InChI=1S/C5H11N3O4S2/c6-14(11,12)4-3-13-2-1-8(4)5(9)7-10/h4,10H,1-3H2,(H,7,9)(H2,6,11,12). The van der Waals surface area contributed by atoms with Crippen molar-refractivity contribution in [3.05, 3.63) is 0 Å². The highest BCUT2D eigenvalue weighted by Crippen LogP contribution is 2.18. The minimum Gasteiger partial charge on any atom is -0.303 e. The summed E-state index contributed by atoms with van der Waals surface area (Å²) < 4.78 is 22.2. The molecule has 7 nitrogen and oxygen atoms in total. The van der Waals surface area contributed by atoms with Gasteiger partial charge in [-0.05, 0) is 0 Å². The first-order valence-corrected chi connectivity index (χ1v) is 6.53. The first-order chi connectivity index (χ1) is 6.46. The highest BCUT2D eigenvalue weighted by atomic mass is 32.2. The lowest BCUT2D eigenvalue weighted by Crippen LogP contribution is -2.54. The van der Waals surface area contributed by atoms with Crippen molar-refractivity contribution in [1.29, 1.82) is 0 Å². The van der Waals surface area contributed by atoms with Gasteiger partial charge >= 0.3 is 6.03 Å². The van der Waals surface area contributed by atoms with Crippen molar-refractivity contribution in [3.63, 3.8) is 0 Å². The molecule has 1 saturated heterocycles. The zero-order valence-electron chi connectivity index (χ0n) is 7.21. The maximum Gasteiger partial charge on any atom is 0.342 e. The Kier molecular flexibility index (Phi) is 3.59. The van der Waals surface area contributed by atoms with E-state index in [9.17, 15) is 13.2 Å². The van der Waals surface area contributed by atoms with Gasteiger partial charge in [0.25, 0.3) is 0 Å². The summed E-state index contributed by atoms with van der Waals surface area (Å²) in [5, 5.41) is 12.3. The van der Waals surface area contributed by atoms with E-state index in [-0.39, 0.29) is 12.3 Å². The van der Waals surface area contributed by atoms with E-state index in [0.717, 1.165) is 4.90 Å². The summed E-state index contributed by atoms with van der Waals surface area (Å²) in [6.07, 6.45) is 0. The molecule has 0 saturated carbocycles. The minimum atomic E-state index is -3.80. The molecule has 0 radical (unpaired) electrons. The lowest BCUT2D eigenvalue weighted by Gasteiger charge is -2.32. The van der Waals surface area contributed by atoms with Crippen LogP contribution in [-0.2, 0) is 10.0 Å². The van der Waals surface area contributed by atoms with Gasteiger partial charge in [0.15, 0.2) is 5.37 Å². The zero-order valence-corrected chi connectivity index (χ0v) is 8.84. The summed E-state index contributed by atoms with van der Waals surface area (Å²) in [6.45, 7) is 0.248. The largest absolute Gasteiger partial charge is 0.342 e. The third-order valence-corrected chi connectivity index (χ3v) is 4.23. The van der Waals surface area contributed by atoms with Crippen LogP contribution in [0.4, 0.5) is 4.79 Å². The van der Waals surface area contributed by atoms with E-state index in [1.54, 1.807) is 0 Å². The molecule has 9 heteroatoms. The van der Waals surface area contributed by atoms with Crippen LogP contribution in [0.15, 0.2) is 0 Å². The van der Waals surface area contributed by atoms with Gasteiger partial charge in [0, 0.05) is 18.1 Å². The fourth-order valence-electron chi connectivity index (χ4n) is 1.15. The topological polar surface area (TPSA) is 113 Å². The summed E-state index contributed by atoms with van der Waals surface area (Å²) in [5.74, 6) is 0.853. The molecule has 14 heavy (non-hydrogen) atoms. The smallest absolute Gasteiger partial charge is 0.303 e. The number of primary sulfonamides is 1. The van der Waals surface area contributed by atoms with E-state index in [0.29, 0.717) is 5.75 Å². The van der Waals surface area contributed by atoms with Crippen molar-refractivity contribution in [2.45, 2.75) is 5.37 Å². The summed E-state index contributed by atoms with van der Waals surface area (Å²) in [5.41, 5.74) is 1.39. The van der Waals surface area contributed by atoms with Gasteiger partial charge in [-0.15, -0.1) is 0 Å². The number of carbonyl (C=O) groups is 1. The number of hydrogen-bond donors (Lipinski definition) is 3. The predicted octanol–water partition coefficient (Wildman–Crippen LogP) is -1.25. The normalized spacial score (nSPS) is 23.3. The van der Waals surface area contributed by atoms with E-state index < -0.39 is 21.4 Å². The number of rotatable bonds is 1. The Morgan fingerprint density at radius 3 is 2.79 bits per heavy atom. The van der Waals surface area contributed by atoms with Crippen LogP contribution < -0.4 is 10.6 Å². The van der Waals surface area contributed by atoms with Crippen LogP contribution in [0.3, 0.4) is 0 Å². The quantitative estimate of drug-likeness (QED) is 0.392. The lowest BCUT2D eigenvalue weighted by atomic mass is 10.5. The third-order valence-electron chi connectivity index (χ3n) is 1.82. The maximum absolute atomic E-state index is 11.1. The summed E-state index contributed by atoms with van der Waals surface area (Å²) >= 11 is 1.40. The van der Waals surface area contributed by atoms with Crippen molar-refractivity contribution in [2.75, 3.05) is 18.1 Å². The molecular weight excluding hydrogens is 230 g/mol. The number of sulfonamides is 1. The van der Waals surface area contributed by atoms with Crippen molar-refractivity contribution in [3.8, 4) is 0 Å². The average molecular weight is 241 g/mol. The molecule has 1 aliphatic heterocycles. The van der Waals surface area contributed by atoms with E-state index >= 15 is 0 Å². The molecule has 1 unspecified atom stereocenters. The van der Waals surface area contributed by atoms with Gasteiger partial charge in [-0.3, -0.25) is 5.21 Å². The first kappa shape index (κ1) is 11.6. The number of amides is 2.